The van der Waals surface area contributed by atoms with E-state index in [1.165, 1.54) is 19.4 Å². The summed E-state index contributed by atoms with van der Waals surface area (Å²) in [5.41, 5.74) is 0. The topological polar surface area (TPSA) is 44.8 Å². The molecule has 2 aliphatic heterocycles. The van der Waals surface area contributed by atoms with Gasteiger partial charge in [0.2, 0.25) is 0 Å². The van der Waals surface area contributed by atoms with E-state index < -0.39 is 0 Å². The van der Waals surface area contributed by atoms with Gasteiger partial charge in [0.25, 0.3) is 0 Å². The van der Waals surface area contributed by atoms with E-state index in [0.29, 0.717) is 12.6 Å². The summed E-state index contributed by atoms with van der Waals surface area (Å²) in [5, 5.41) is 3.24. The predicted molar refractivity (Wildman–Crippen MR) is 75.1 cm³/mol. The lowest BCUT2D eigenvalue weighted by atomic mass is 10.1. The average Bonchev–Trinajstić information content (AvgIpc) is 2.86. The van der Waals surface area contributed by atoms with Gasteiger partial charge < -0.3 is 10.1 Å². The predicted octanol–water partition coefficient (Wildman–Crippen LogP) is 0.308. The summed E-state index contributed by atoms with van der Waals surface area (Å²) in [6, 6.07) is 0.524. The molecule has 5 heteroatoms. The maximum Gasteiger partial charge on any atom is 0.324 e. The normalized spacial score (nSPS) is 26.1. The Morgan fingerprint density at radius 3 is 2.95 bits per heavy atom. The lowest BCUT2D eigenvalue weighted by Crippen LogP contribution is -2.55. The van der Waals surface area contributed by atoms with Crippen molar-refractivity contribution in [2.45, 2.75) is 38.8 Å². The zero-order chi connectivity index (χ0) is 13.7. The summed E-state index contributed by atoms with van der Waals surface area (Å²) in [4.78, 5) is 16.9. The first-order chi connectivity index (χ1) is 9.24. The van der Waals surface area contributed by atoms with Gasteiger partial charge in [0.15, 0.2) is 0 Å². The smallest absolute Gasteiger partial charge is 0.324 e. The fourth-order valence-electron chi connectivity index (χ4n) is 3.19. The fraction of sp³-hybridized carbons (Fsp3) is 0.929. The van der Waals surface area contributed by atoms with Crippen molar-refractivity contribution in [2.75, 3.05) is 45.9 Å². The van der Waals surface area contributed by atoms with Crippen molar-refractivity contribution in [3.8, 4) is 0 Å². The molecule has 19 heavy (non-hydrogen) atoms. The Balaban J connectivity index is 1.84. The van der Waals surface area contributed by atoms with Crippen molar-refractivity contribution in [3.63, 3.8) is 0 Å². The van der Waals surface area contributed by atoms with E-state index >= 15 is 0 Å². The van der Waals surface area contributed by atoms with Crippen LogP contribution in [0.2, 0.25) is 0 Å². The lowest BCUT2D eigenvalue weighted by molar-refractivity contribution is -0.146. The molecule has 0 bridgehead atoms. The molecule has 2 saturated heterocycles. The Labute approximate surface area is 116 Å². The van der Waals surface area contributed by atoms with Crippen LogP contribution < -0.4 is 5.32 Å². The molecule has 2 fully saturated rings. The summed E-state index contributed by atoms with van der Waals surface area (Å²) < 4.78 is 5.15. The number of fused-ring (bicyclic) bond motifs is 1. The zero-order valence-electron chi connectivity index (χ0n) is 12.2. The van der Waals surface area contributed by atoms with Gasteiger partial charge in [-0.25, -0.2) is 0 Å². The standard InChI is InChI=1S/C14H27N3O2/c1-3-15-13(14(18)19-4-2)11-16-8-9-17-7-5-6-12(17)10-16/h12-13,15H,3-11H2,1-2H3. The quantitative estimate of drug-likeness (QED) is 0.703. The van der Waals surface area contributed by atoms with Crippen LogP contribution in [0, 0.1) is 0 Å². The molecule has 0 aliphatic carbocycles. The molecular weight excluding hydrogens is 242 g/mol. The van der Waals surface area contributed by atoms with E-state index in [4.69, 9.17) is 4.74 Å². The zero-order valence-corrected chi connectivity index (χ0v) is 12.2. The van der Waals surface area contributed by atoms with E-state index in [2.05, 4.69) is 15.1 Å². The van der Waals surface area contributed by atoms with Crippen molar-refractivity contribution in [1.29, 1.82) is 0 Å². The molecule has 1 N–H and O–H groups in total. The van der Waals surface area contributed by atoms with Gasteiger partial charge in [-0.3, -0.25) is 14.6 Å². The molecule has 0 radical (unpaired) electrons. The molecule has 0 aromatic heterocycles. The van der Waals surface area contributed by atoms with Crippen molar-refractivity contribution in [2.24, 2.45) is 0 Å². The Morgan fingerprint density at radius 2 is 2.21 bits per heavy atom. The minimum atomic E-state index is -0.182. The largest absolute Gasteiger partial charge is 0.465 e. The average molecular weight is 269 g/mol. The number of esters is 1. The van der Waals surface area contributed by atoms with Gasteiger partial charge in [0.1, 0.15) is 6.04 Å². The van der Waals surface area contributed by atoms with E-state index in [1.807, 2.05) is 13.8 Å². The number of ether oxygens (including phenoxy) is 1. The van der Waals surface area contributed by atoms with E-state index in [0.717, 1.165) is 32.7 Å². The second-order valence-electron chi connectivity index (χ2n) is 5.45. The molecule has 110 valence electrons. The highest BCUT2D eigenvalue weighted by Gasteiger charge is 2.32. The number of rotatable bonds is 6. The molecule has 5 nitrogen and oxygen atoms in total. The Hall–Kier alpha value is -0.650. The summed E-state index contributed by atoms with van der Waals surface area (Å²) >= 11 is 0. The van der Waals surface area contributed by atoms with E-state index in [1.54, 1.807) is 0 Å². The summed E-state index contributed by atoms with van der Waals surface area (Å²) in [6.07, 6.45) is 2.63. The molecule has 2 heterocycles. The Morgan fingerprint density at radius 1 is 1.37 bits per heavy atom. The van der Waals surface area contributed by atoms with Crippen molar-refractivity contribution in [1.82, 2.24) is 15.1 Å². The molecule has 2 atom stereocenters. The van der Waals surface area contributed by atoms with Crippen LogP contribution in [-0.4, -0.2) is 73.7 Å². The number of carbonyl (C=O) groups is 1. The maximum absolute atomic E-state index is 11.9. The number of nitrogens with zero attached hydrogens (tertiary/aromatic N) is 2. The Kier molecular flexibility index (Phi) is 5.60. The first kappa shape index (κ1) is 14.8. The maximum atomic E-state index is 11.9. The van der Waals surface area contributed by atoms with E-state index in [9.17, 15) is 4.79 Å². The number of nitrogens with one attached hydrogen (secondary N) is 1. The molecule has 2 rings (SSSR count). The third kappa shape index (κ3) is 3.91. The Bertz CT molecular complexity index is 298. The number of likely N-dealkylation sites (N-methyl/N-ethyl adjacent to an activating group) is 1. The highest BCUT2D eigenvalue weighted by atomic mass is 16.5. The molecule has 2 aliphatic rings. The van der Waals surface area contributed by atoms with Gasteiger partial charge in [-0.15, -0.1) is 0 Å². The monoisotopic (exact) mass is 269 g/mol. The summed E-state index contributed by atoms with van der Waals surface area (Å²) in [7, 11) is 0. The summed E-state index contributed by atoms with van der Waals surface area (Å²) in [6.45, 7) is 10.5. The molecule has 0 aromatic carbocycles. The van der Waals surface area contributed by atoms with Crippen LogP contribution in [0.25, 0.3) is 0 Å². The van der Waals surface area contributed by atoms with Crippen LogP contribution in [0.15, 0.2) is 0 Å². The third-order valence-corrected chi connectivity index (χ3v) is 4.13. The van der Waals surface area contributed by atoms with Gasteiger partial charge in [-0.1, -0.05) is 6.92 Å². The van der Waals surface area contributed by atoms with Crippen molar-refractivity contribution in [3.05, 3.63) is 0 Å². The highest BCUT2D eigenvalue weighted by Crippen LogP contribution is 2.21. The molecule has 0 spiro atoms. The van der Waals surface area contributed by atoms with Crippen LogP contribution in [0.4, 0.5) is 0 Å². The SMILES string of the molecule is CCNC(CN1CCN2CCCC2C1)C(=O)OCC. The minimum Gasteiger partial charge on any atom is -0.465 e. The second-order valence-corrected chi connectivity index (χ2v) is 5.45. The molecule has 2 unspecified atom stereocenters. The van der Waals surface area contributed by atoms with Crippen LogP contribution in [0.1, 0.15) is 26.7 Å². The van der Waals surface area contributed by atoms with Crippen molar-refractivity contribution >= 4 is 5.97 Å². The number of hydrogen-bond donors (Lipinski definition) is 1. The van der Waals surface area contributed by atoms with Crippen molar-refractivity contribution < 1.29 is 9.53 Å². The summed E-state index contributed by atoms with van der Waals surface area (Å²) in [5.74, 6) is -0.113. The van der Waals surface area contributed by atoms with Gasteiger partial charge in [0, 0.05) is 32.2 Å². The fourth-order valence-corrected chi connectivity index (χ4v) is 3.19. The molecular formula is C14H27N3O2. The van der Waals surface area contributed by atoms with Crippen LogP contribution in [0.3, 0.4) is 0 Å². The van der Waals surface area contributed by atoms with Gasteiger partial charge in [-0.05, 0) is 32.9 Å². The lowest BCUT2D eigenvalue weighted by Gasteiger charge is -2.38. The van der Waals surface area contributed by atoms with Crippen LogP contribution >= 0.6 is 0 Å². The number of hydrogen-bond acceptors (Lipinski definition) is 5. The third-order valence-electron chi connectivity index (χ3n) is 4.13. The van der Waals surface area contributed by atoms with Gasteiger partial charge >= 0.3 is 5.97 Å². The second kappa shape index (κ2) is 7.22. The van der Waals surface area contributed by atoms with Crippen LogP contribution in [-0.2, 0) is 9.53 Å². The molecule has 0 saturated carbocycles. The first-order valence-corrected chi connectivity index (χ1v) is 7.61. The van der Waals surface area contributed by atoms with Gasteiger partial charge in [0.05, 0.1) is 6.61 Å². The molecule has 0 aromatic rings. The number of carbonyl (C=O) groups excluding carboxylic acids is 1. The highest BCUT2D eigenvalue weighted by molar-refractivity contribution is 5.76. The molecule has 0 amide bonds. The first-order valence-electron chi connectivity index (χ1n) is 7.61. The minimum absolute atomic E-state index is 0.113. The number of piperazine rings is 1. The van der Waals surface area contributed by atoms with Gasteiger partial charge in [-0.2, -0.15) is 0 Å². The van der Waals surface area contributed by atoms with Crippen LogP contribution in [0.5, 0.6) is 0 Å². The van der Waals surface area contributed by atoms with E-state index in [-0.39, 0.29) is 12.0 Å².